The molecule has 1 fully saturated rings. The van der Waals surface area contributed by atoms with Gasteiger partial charge in [0.25, 0.3) is 5.56 Å². The predicted octanol–water partition coefficient (Wildman–Crippen LogP) is 2.99. The predicted molar refractivity (Wildman–Crippen MR) is 119 cm³/mol. The first kappa shape index (κ1) is 19.3. The van der Waals surface area contributed by atoms with Crippen LogP contribution in [-0.4, -0.2) is 41.9 Å². The van der Waals surface area contributed by atoms with Crippen molar-refractivity contribution in [1.82, 2.24) is 9.97 Å². The topological polar surface area (TPSA) is 69.3 Å². The minimum atomic E-state index is 0.0467. The van der Waals surface area contributed by atoms with Crippen LogP contribution in [0.3, 0.4) is 0 Å². The first-order valence-electron chi connectivity index (χ1n) is 11.3. The molecule has 2 aromatic rings. The van der Waals surface area contributed by atoms with E-state index in [1.807, 2.05) is 6.92 Å². The first-order valence-corrected chi connectivity index (χ1v) is 11.3. The van der Waals surface area contributed by atoms with Crippen molar-refractivity contribution in [2.75, 3.05) is 36.0 Å². The van der Waals surface area contributed by atoms with E-state index < -0.39 is 0 Å². The molecule has 0 atom stereocenters. The van der Waals surface area contributed by atoms with Crippen molar-refractivity contribution < 1.29 is 4.79 Å². The fourth-order valence-electron chi connectivity index (χ4n) is 5.51. The standard InChI is InChI=1S/C24H30N4O2/c1-2-17(29)15-28-16-24(19-8-4-6-10-21(19)28)11-13-27(14-12-24)23-25-20-9-5-3-7-18(20)22(30)26-23/h4,6,8,10H,2-3,5,7,9,11-16H2,1H3,(H,25,26,30). The van der Waals surface area contributed by atoms with E-state index >= 15 is 0 Å². The minimum Gasteiger partial charge on any atom is -0.363 e. The molecule has 1 spiro atoms. The second-order valence-electron chi connectivity index (χ2n) is 9.05. The average molecular weight is 407 g/mol. The van der Waals surface area contributed by atoms with Gasteiger partial charge in [0.15, 0.2) is 5.78 Å². The summed E-state index contributed by atoms with van der Waals surface area (Å²) >= 11 is 0. The highest BCUT2D eigenvalue weighted by Crippen LogP contribution is 2.47. The molecule has 0 unspecified atom stereocenters. The number of hydrogen-bond donors (Lipinski definition) is 1. The third-order valence-electron chi connectivity index (χ3n) is 7.27. The quantitative estimate of drug-likeness (QED) is 0.845. The highest BCUT2D eigenvalue weighted by molar-refractivity contribution is 5.84. The van der Waals surface area contributed by atoms with E-state index in [1.165, 1.54) is 11.3 Å². The number of nitrogens with zero attached hydrogens (tertiary/aromatic N) is 3. The summed E-state index contributed by atoms with van der Waals surface area (Å²) in [5, 5.41) is 0. The van der Waals surface area contributed by atoms with Gasteiger partial charge in [0, 0.05) is 42.7 Å². The van der Waals surface area contributed by atoms with Crippen molar-refractivity contribution in [2.45, 2.75) is 57.3 Å². The summed E-state index contributed by atoms with van der Waals surface area (Å²) in [6, 6.07) is 8.57. The molecule has 3 aliphatic rings. The Morgan fingerprint density at radius 2 is 1.93 bits per heavy atom. The van der Waals surface area contributed by atoms with Crippen LogP contribution >= 0.6 is 0 Å². The van der Waals surface area contributed by atoms with Crippen molar-refractivity contribution in [3.05, 3.63) is 51.4 Å². The number of Topliss-reactive ketones (excluding diaryl/α,β-unsaturated/α-hetero) is 1. The van der Waals surface area contributed by atoms with Gasteiger partial charge in [-0.15, -0.1) is 0 Å². The fourth-order valence-corrected chi connectivity index (χ4v) is 5.51. The number of ketones is 1. The van der Waals surface area contributed by atoms with Crippen molar-refractivity contribution in [3.63, 3.8) is 0 Å². The molecule has 1 aromatic heterocycles. The van der Waals surface area contributed by atoms with E-state index in [0.717, 1.165) is 75.4 Å². The lowest BCUT2D eigenvalue weighted by molar-refractivity contribution is -0.117. The zero-order valence-electron chi connectivity index (χ0n) is 17.7. The Kier molecular flexibility index (Phi) is 4.88. The Labute approximate surface area is 177 Å². The first-order chi connectivity index (χ1) is 14.6. The van der Waals surface area contributed by atoms with Crippen LogP contribution in [0.25, 0.3) is 0 Å². The maximum absolute atomic E-state index is 12.6. The summed E-state index contributed by atoms with van der Waals surface area (Å²) in [7, 11) is 0. The van der Waals surface area contributed by atoms with Crippen molar-refractivity contribution >= 4 is 17.4 Å². The van der Waals surface area contributed by atoms with Crippen LogP contribution in [0, 0.1) is 0 Å². The third-order valence-corrected chi connectivity index (χ3v) is 7.27. The fraction of sp³-hybridized carbons (Fsp3) is 0.542. The second-order valence-corrected chi connectivity index (χ2v) is 9.05. The zero-order valence-corrected chi connectivity index (χ0v) is 17.7. The summed E-state index contributed by atoms with van der Waals surface area (Å²) in [5.74, 6) is 1.02. The Balaban J connectivity index is 1.37. The lowest BCUT2D eigenvalue weighted by Crippen LogP contribution is -2.46. The Hall–Kier alpha value is -2.63. The molecule has 5 rings (SSSR count). The molecule has 0 bridgehead atoms. The number of aromatic amines is 1. The average Bonchev–Trinajstić information content (AvgIpc) is 3.07. The molecule has 6 heteroatoms. The van der Waals surface area contributed by atoms with Crippen LogP contribution in [0.1, 0.15) is 55.8 Å². The molecule has 1 aliphatic carbocycles. The molecule has 1 aromatic carbocycles. The number of carbonyl (C=O) groups excluding carboxylic acids is 1. The smallest absolute Gasteiger partial charge is 0.255 e. The molecule has 1 N–H and O–H groups in total. The molecule has 158 valence electrons. The number of nitrogens with one attached hydrogen (secondary N) is 1. The number of fused-ring (bicyclic) bond motifs is 3. The van der Waals surface area contributed by atoms with Crippen molar-refractivity contribution in [3.8, 4) is 0 Å². The summed E-state index contributed by atoms with van der Waals surface area (Å²) in [6.07, 6.45) is 6.55. The van der Waals surface area contributed by atoms with Crippen LogP contribution in [0.2, 0.25) is 0 Å². The van der Waals surface area contributed by atoms with Gasteiger partial charge in [-0.05, 0) is 50.2 Å². The summed E-state index contributed by atoms with van der Waals surface area (Å²) in [5.41, 5.74) is 4.60. The summed E-state index contributed by atoms with van der Waals surface area (Å²) < 4.78 is 0. The molecule has 1 saturated heterocycles. The highest BCUT2D eigenvalue weighted by Gasteiger charge is 2.45. The number of benzene rings is 1. The number of piperidine rings is 1. The van der Waals surface area contributed by atoms with E-state index in [9.17, 15) is 9.59 Å². The van der Waals surface area contributed by atoms with Crippen LogP contribution in [0.15, 0.2) is 29.1 Å². The van der Waals surface area contributed by atoms with E-state index in [0.29, 0.717) is 13.0 Å². The van der Waals surface area contributed by atoms with Gasteiger partial charge in [-0.3, -0.25) is 14.6 Å². The number of aromatic nitrogens is 2. The number of para-hydroxylation sites is 1. The van der Waals surface area contributed by atoms with Gasteiger partial charge in [0.1, 0.15) is 0 Å². The van der Waals surface area contributed by atoms with Crippen LogP contribution in [-0.2, 0) is 23.1 Å². The zero-order chi connectivity index (χ0) is 20.7. The van der Waals surface area contributed by atoms with E-state index in [2.05, 4.69) is 39.0 Å². The largest absolute Gasteiger partial charge is 0.363 e. The Bertz CT molecular complexity index is 1020. The molecule has 2 aliphatic heterocycles. The molecular weight excluding hydrogens is 376 g/mol. The van der Waals surface area contributed by atoms with E-state index in [-0.39, 0.29) is 16.8 Å². The Morgan fingerprint density at radius 3 is 2.73 bits per heavy atom. The number of hydrogen-bond acceptors (Lipinski definition) is 5. The normalized spacial score (nSPS) is 19.6. The Morgan fingerprint density at radius 1 is 1.17 bits per heavy atom. The second kappa shape index (κ2) is 7.56. The molecule has 0 radical (unpaired) electrons. The molecule has 30 heavy (non-hydrogen) atoms. The SMILES string of the molecule is CCC(=O)CN1CC2(CCN(c3nc4c(c(=O)[nH]3)CCCC4)CC2)c2ccccc21. The maximum Gasteiger partial charge on any atom is 0.255 e. The van der Waals surface area contributed by atoms with Gasteiger partial charge in [-0.25, -0.2) is 4.98 Å². The molecular formula is C24H30N4O2. The summed E-state index contributed by atoms with van der Waals surface area (Å²) in [4.78, 5) is 37.1. The lowest BCUT2D eigenvalue weighted by atomic mass is 9.74. The molecule has 6 nitrogen and oxygen atoms in total. The van der Waals surface area contributed by atoms with Gasteiger partial charge >= 0.3 is 0 Å². The van der Waals surface area contributed by atoms with Gasteiger partial charge in [-0.1, -0.05) is 25.1 Å². The van der Waals surface area contributed by atoms with E-state index in [1.54, 1.807) is 0 Å². The van der Waals surface area contributed by atoms with Gasteiger partial charge in [0.2, 0.25) is 5.95 Å². The molecule has 0 saturated carbocycles. The van der Waals surface area contributed by atoms with Crippen LogP contribution in [0.4, 0.5) is 11.6 Å². The number of anilines is 2. The van der Waals surface area contributed by atoms with Crippen molar-refractivity contribution in [1.29, 1.82) is 0 Å². The monoisotopic (exact) mass is 406 g/mol. The van der Waals surface area contributed by atoms with Crippen molar-refractivity contribution in [2.24, 2.45) is 0 Å². The van der Waals surface area contributed by atoms with Gasteiger partial charge in [-0.2, -0.15) is 0 Å². The van der Waals surface area contributed by atoms with Gasteiger partial charge in [0.05, 0.1) is 12.2 Å². The van der Waals surface area contributed by atoms with E-state index in [4.69, 9.17) is 4.98 Å². The van der Waals surface area contributed by atoms with Crippen LogP contribution < -0.4 is 15.4 Å². The number of carbonyl (C=O) groups is 1. The maximum atomic E-state index is 12.6. The number of aryl methyl sites for hydroxylation is 1. The number of rotatable bonds is 4. The molecule has 0 amide bonds. The molecule has 3 heterocycles. The lowest BCUT2D eigenvalue weighted by Gasteiger charge is -2.40. The third kappa shape index (κ3) is 3.22. The minimum absolute atomic E-state index is 0.0467. The van der Waals surface area contributed by atoms with Crippen LogP contribution in [0.5, 0.6) is 0 Å². The highest BCUT2D eigenvalue weighted by atomic mass is 16.1. The summed E-state index contributed by atoms with van der Waals surface area (Å²) in [6.45, 7) is 5.07. The van der Waals surface area contributed by atoms with Gasteiger partial charge < -0.3 is 9.80 Å². The number of H-pyrrole nitrogens is 1.